The number of aliphatic hydroxyl groups is 1. The van der Waals surface area contributed by atoms with Crippen molar-refractivity contribution in [3.63, 3.8) is 0 Å². The molecule has 0 aliphatic carbocycles. The fourth-order valence-corrected chi connectivity index (χ4v) is 1.83. The van der Waals surface area contributed by atoms with Crippen LogP contribution in [-0.2, 0) is 0 Å². The molecule has 0 bridgehead atoms. The first-order chi connectivity index (χ1) is 8.08. The smallest absolute Gasteiger partial charge is 0.124 e. The van der Waals surface area contributed by atoms with Crippen LogP contribution in [-0.4, -0.2) is 24.9 Å². The lowest BCUT2D eigenvalue weighted by Crippen LogP contribution is -2.18. The number of hydrogen-bond acceptors (Lipinski definition) is 3. The highest BCUT2D eigenvalue weighted by atomic mass is 79.9. The number of aliphatic hydroxyl groups excluding tert-OH is 1. The standard InChI is InChI=1S/C13H20BrNO2/c1-4-11(16)8-17-13-6-5-10(14)7-12(13)9(2)15-3/h5-7,9,11,15-16H,4,8H2,1-3H3. The first kappa shape index (κ1) is 14.5. The van der Waals surface area contributed by atoms with Gasteiger partial charge in [0.25, 0.3) is 0 Å². The Morgan fingerprint density at radius 3 is 2.76 bits per heavy atom. The minimum absolute atomic E-state index is 0.210. The molecule has 17 heavy (non-hydrogen) atoms. The number of nitrogens with one attached hydrogen (secondary N) is 1. The second-order valence-corrected chi connectivity index (χ2v) is 4.98. The molecule has 2 unspecified atom stereocenters. The van der Waals surface area contributed by atoms with Crippen LogP contribution in [0.1, 0.15) is 31.9 Å². The van der Waals surface area contributed by atoms with Gasteiger partial charge in [-0.3, -0.25) is 0 Å². The molecule has 4 heteroatoms. The fourth-order valence-electron chi connectivity index (χ4n) is 1.45. The third-order valence-electron chi connectivity index (χ3n) is 2.77. The largest absolute Gasteiger partial charge is 0.491 e. The van der Waals surface area contributed by atoms with Crippen LogP contribution < -0.4 is 10.1 Å². The number of rotatable bonds is 6. The van der Waals surface area contributed by atoms with Crippen LogP contribution in [0.5, 0.6) is 5.75 Å². The van der Waals surface area contributed by atoms with E-state index < -0.39 is 6.10 Å². The van der Waals surface area contributed by atoms with Gasteiger partial charge in [-0.25, -0.2) is 0 Å². The highest BCUT2D eigenvalue weighted by Crippen LogP contribution is 2.28. The van der Waals surface area contributed by atoms with Crippen LogP contribution in [0, 0.1) is 0 Å². The number of halogens is 1. The van der Waals surface area contributed by atoms with Crippen molar-refractivity contribution < 1.29 is 9.84 Å². The molecule has 3 nitrogen and oxygen atoms in total. The summed E-state index contributed by atoms with van der Waals surface area (Å²) in [4.78, 5) is 0. The quantitative estimate of drug-likeness (QED) is 0.849. The van der Waals surface area contributed by atoms with E-state index in [0.717, 1.165) is 15.8 Å². The summed E-state index contributed by atoms with van der Waals surface area (Å²) in [6.45, 7) is 4.35. The Morgan fingerprint density at radius 2 is 2.18 bits per heavy atom. The first-order valence-electron chi connectivity index (χ1n) is 5.86. The SMILES string of the molecule is CCC(O)COc1ccc(Br)cc1C(C)NC. The first-order valence-corrected chi connectivity index (χ1v) is 6.65. The summed E-state index contributed by atoms with van der Waals surface area (Å²) in [5.74, 6) is 0.822. The van der Waals surface area contributed by atoms with Crippen molar-refractivity contribution in [2.75, 3.05) is 13.7 Å². The predicted molar refractivity (Wildman–Crippen MR) is 73.4 cm³/mol. The predicted octanol–water partition coefficient (Wildman–Crippen LogP) is 2.88. The second kappa shape index (κ2) is 6.99. The Morgan fingerprint density at radius 1 is 1.47 bits per heavy atom. The fraction of sp³-hybridized carbons (Fsp3) is 0.538. The average molecular weight is 302 g/mol. The summed E-state index contributed by atoms with van der Waals surface area (Å²) in [6, 6.07) is 6.12. The molecular weight excluding hydrogens is 282 g/mol. The van der Waals surface area contributed by atoms with Crippen molar-refractivity contribution in [1.29, 1.82) is 0 Å². The molecule has 1 aromatic rings. The molecule has 0 aliphatic heterocycles. The molecule has 1 rings (SSSR count). The van der Waals surface area contributed by atoms with Gasteiger partial charge in [-0.05, 0) is 38.6 Å². The summed E-state index contributed by atoms with van der Waals surface area (Å²) in [6.07, 6.45) is 0.296. The topological polar surface area (TPSA) is 41.5 Å². The Labute approximate surface area is 111 Å². The lowest BCUT2D eigenvalue weighted by Gasteiger charge is -2.18. The number of ether oxygens (including phenoxy) is 1. The van der Waals surface area contributed by atoms with Gasteiger partial charge in [0, 0.05) is 16.1 Å². The molecule has 0 radical (unpaired) electrons. The van der Waals surface area contributed by atoms with Crippen LogP contribution in [0.25, 0.3) is 0 Å². The molecule has 0 aromatic heterocycles. The summed E-state index contributed by atoms with van der Waals surface area (Å²) in [7, 11) is 1.91. The van der Waals surface area contributed by atoms with Gasteiger partial charge >= 0.3 is 0 Å². The minimum Gasteiger partial charge on any atom is -0.491 e. The summed E-state index contributed by atoms with van der Waals surface area (Å²) in [5.41, 5.74) is 1.09. The van der Waals surface area contributed by atoms with Crippen molar-refractivity contribution in [3.05, 3.63) is 28.2 Å². The van der Waals surface area contributed by atoms with Gasteiger partial charge in [-0.15, -0.1) is 0 Å². The van der Waals surface area contributed by atoms with E-state index in [0.29, 0.717) is 13.0 Å². The van der Waals surface area contributed by atoms with Gasteiger partial charge < -0.3 is 15.2 Å². The number of benzene rings is 1. The lowest BCUT2D eigenvalue weighted by molar-refractivity contribution is 0.103. The monoisotopic (exact) mass is 301 g/mol. The Bertz CT molecular complexity index is 357. The zero-order valence-corrected chi connectivity index (χ0v) is 12.1. The van der Waals surface area contributed by atoms with Gasteiger partial charge in [-0.1, -0.05) is 22.9 Å². The van der Waals surface area contributed by atoms with Gasteiger partial charge in [-0.2, -0.15) is 0 Å². The van der Waals surface area contributed by atoms with Gasteiger partial charge in [0.1, 0.15) is 12.4 Å². The van der Waals surface area contributed by atoms with E-state index in [1.54, 1.807) is 0 Å². The van der Waals surface area contributed by atoms with Gasteiger partial charge in [0.05, 0.1) is 6.10 Å². The van der Waals surface area contributed by atoms with E-state index in [4.69, 9.17) is 4.74 Å². The summed E-state index contributed by atoms with van der Waals surface area (Å²) < 4.78 is 6.68. The average Bonchev–Trinajstić information content (AvgIpc) is 2.35. The van der Waals surface area contributed by atoms with E-state index in [2.05, 4.69) is 28.2 Å². The van der Waals surface area contributed by atoms with Gasteiger partial charge in [0.2, 0.25) is 0 Å². The molecule has 0 fully saturated rings. The van der Waals surface area contributed by atoms with Crippen molar-refractivity contribution in [2.45, 2.75) is 32.4 Å². The molecule has 2 N–H and O–H groups in total. The maximum atomic E-state index is 9.51. The zero-order valence-electron chi connectivity index (χ0n) is 10.5. The van der Waals surface area contributed by atoms with Crippen molar-refractivity contribution in [3.8, 4) is 5.75 Å². The minimum atomic E-state index is -0.406. The molecule has 0 saturated heterocycles. The highest BCUT2D eigenvalue weighted by Gasteiger charge is 2.12. The maximum Gasteiger partial charge on any atom is 0.124 e. The van der Waals surface area contributed by atoms with Crippen molar-refractivity contribution in [1.82, 2.24) is 5.32 Å². The van der Waals surface area contributed by atoms with E-state index in [-0.39, 0.29) is 6.04 Å². The van der Waals surface area contributed by atoms with Crippen LogP contribution >= 0.6 is 15.9 Å². The molecular formula is C13H20BrNO2. The van der Waals surface area contributed by atoms with E-state index in [9.17, 15) is 5.11 Å². The molecule has 0 aliphatic rings. The van der Waals surface area contributed by atoms with Gasteiger partial charge in [0.15, 0.2) is 0 Å². The highest BCUT2D eigenvalue weighted by molar-refractivity contribution is 9.10. The molecule has 0 heterocycles. The molecule has 96 valence electrons. The second-order valence-electron chi connectivity index (χ2n) is 4.07. The van der Waals surface area contributed by atoms with Crippen molar-refractivity contribution in [2.24, 2.45) is 0 Å². The summed E-state index contributed by atoms with van der Waals surface area (Å²) in [5, 5.41) is 12.7. The van der Waals surface area contributed by atoms with E-state index >= 15 is 0 Å². The Kier molecular flexibility index (Phi) is 5.95. The van der Waals surface area contributed by atoms with E-state index in [1.165, 1.54) is 0 Å². The van der Waals surface area contributed by atoms with E-state index in [1.807, 2.05) is 32.2 Å². The number of hydrogen-bond donors (Lipinski definition) is 2. The molecule has 0 spiro atoms. The van der Waals surface area contributed by atoms with Crippen molar-refractivity contribution >= 4 is 15.9 Å². The van der Waals surface area contributed by atoms with Crippen LogP contribution in [0.4, 0.5) is 0 Å². The summed E-state index contributed by atoms with van der Waals surface area (Å²) >= 11 is 3.45. The third-order valence-corrected chi connectivity index (χ3v) is 3.27. The lowest BCUT2D eigenvalue weighted by atomic mass is 10.1. The maximum absolute atomic E-state index is 9.51. The third kappa shape index (κ3) is 4.30. The molecule has 1 aromatic carbocycles. The molecule has 2 atom stereocenters. The Balaban J connectivity index is 2.83. The Hall–Kier alpha value is -0.580. The normalized spacial score (nSPS) is 14.4. The molecule has 0 amide bonds. The van der Waals surface area contributed by atoms with Crippen LogP contribution in [0.3, 0.4) is 0 Å². The van der Waals surface area contributed by atoms with Crippen LogP contribution in [0.2, 0.25) is 0 Å². The molecule has 0 saturated carbocycles. The van der Waals surface area contributed by atoms with Crippen LogP contribution in [0.15, 0.2) is 22.7 Å². The zero-order chi connectivity index (χ0) is 12.8.